The fourth-order valence-corrected chi connectivity index (χ4v) is 1.41. The quantitative estimate of drug-likeness (QED) is 0.757. The molecule has 1 aromatic heterocycles. The highest BCUT2D eigenvalue weighted by atomic mass is 16.5. The summed E-state index contributed by atoms with van der Waals surface area (Å²) in [7, 11) is 0. The number of ether oxygens (including phenoxy) is 1. The van der Waals surface area contributed by atoms with Gasteiger partial charge in [-0.25, -0.2) is 4.98 Å². The summed E-state index contributed by atoms with van der Waals surface area (Å²) in [4.78, 5) is 4.20. The predicted octanol–water partition coefficient (Wildman–Crippen LogP) is 3.80. The van der Waals surface area contributed by atoms with E-state index in [4.69, 9.17) is 4.74 Å². The molecular formula is C14H15NO. The van der Waals surface area contributed by atoms with Crippen molar-refractivity contribution in [1.29, 1.82) is 0 Å². The van der Waals surface area contributed by atoms with E-state index in [1.165, 1.54) is 11.1 Å². The topological polar surface area (TPSA) is 22.1 Å². The molecule has 0 saturated heterocycles. The van der Waals surface area contributed by atoms with Crippen molar-refractivity contribution in [1.82, 2.24) is 4.98 Å². The van der Waals surface area contributed by atoms with Crippen molar-refractivity contribution in [3.63, 3.8) is 0 Å². The second kappa shape index (κ2) is 4.35. The lowest BCUT2D eigenvalue weighted by Gasteiger charge is -2.07. The van der Waals surface area contributed by atoms with Crippen molar-refractivity contribution in [2.45, 2.75) is 20.8 Å². The van der Waals surface area contributed by atoms with Gasteiger partial charge in [0.2, 0.25) is 5.88 Å². The first-order chi connectivity index (χ1) is 7.65. The second-order valence-electron chi connectivity index (χ2n) is 4.02. The van der Waals surface area contributed by atoms with Gasteiger partial charge in [-0.2, -0.15) is 0 Å². The Morgan fingerprint density at radius 2 is 1.75 bits per heavy atom. The zero-order valence-electron chi connectivity index (χ0n) is 9.82. The van der Waals surface area contributed by atoms with Crippen LogP contribution in [0.1, 0.15) is 16.7 Å². The highest BCUT2D eigenvalue weighted by Gasteiger charge is 2.00. The number of pyridine rings is 1. The molecule has 16 heavy (non-hydrogen) atoms. The van der Waals surface area contributed by atoms with Gasteiger partial charge in [0.15, 0.2) is 0 Å². The van der Waals surface area contributed by atoms with Gasteiger partial charge in [0.1, 0.15) is 5.75 Å². The summed E-state index contributed by atoms with van der Waals surface area (Å²) in [6.45, 7) is 6.17. The van der Waals surface area contributed by atoms with E-state index < -0.39 is 0 Å². The van der Waals surface area contributed by atoms with Crippen LogP contribution in [0.4, 0.5) is 0 Å². The smallest absolute Gasteiger partial charge is 0.219 e. The summed E-state index contributed by atoms with van der Waals surface area (Å²) < 4.78 is 5.66. The van der Waals surface area contributed by atoms with E-state index >= 15 is 0 Å². The van der Waals surface area contributed by atoms with E-state index in [2.05, 4.69) is 24.9 Å². The molecule has 0 bridgehead atoms. The molecule has 0 aliphatic heterocycles. The fourth-order valence-electron chi connectivity index (χ4n) is 1.41. The van der Waals surface area contributed by atoms with Crippen LogP contribution in [-0.4, -0.2) is 4.98 Å². The molecule has 1 aromatic carbocycles. The van der Waals surface area contributed by atoms with Crippen LogP contribution in [0.5, 0.6) is 11.6 Å². The third-order valence-electron chi connectivity index (χ3n) is 2.59. The fraction of sp³-hybridized carbons (Fsp3) is 0.214. The first kappa shape index (κ1) is 10.7. The molecule has 0 saturated carbocycles. The molecule has 0 spiro atoms. The number of benzene rings is 1. The molecule has 0 aliphatic rings. The first-order valence-corrected chi connectivity index (χ1v) is 5.33. The normalized spacial score (nSPS) is 10.2. The Hall–Kier alpha value is -1.83. The summed E-state index contributed by atoms with van der Waals surface area (Å²) in [5.74, 6) is 1.47. The number of hydrogen-bond acceptors (Lipinski definition) is 2. The number of aryl methyl sites for hydroxylation is 3. The Kier molecular flexibility index (Phi) is 2.91. The number of aromatic nitrogens is 1. The van der Waals surface area contributed by atoms with Crippen molar-refractivity contribution in [3.8, 4) is 11.6 Å². The van der Waals surface area contributed by atoms with Crippen molar-refractivity contribution in [2.75, 3.05) is 0 Å². The summed E-state index contributed by atoms with van der Waals surface area (Å²) >= 11 is 0. The molecule has 2 heteroatoms. The van der Waals surface area contributed by atoms with Crippen LogP contribution < -0.4 is 4.74 Å². The first-order valence-electron chi connectivity index (χ1n) is 5.33. The van der Waals surface area contributed by atoms with Crippen molar-refractivity contribution in [3.05, 3.63) is 53.2 Å². The highest BCUT2D eigenvalue weighted by molar-refractivity contribution is 5.35. The van der Waals surface area contributed by atoms with Crippen LogP contribution in [0.25, 0.3) is 0 Å². The largest absolute Gasteiger partial charge is 0.439 e. The van der Waals surface area contributed by atoms with Gasteiger partial charge < -0.3 is 4.74 Å². The van der Waals surface area contributed by atoms with Crippen LogP contribution in [0, 0.1) is 20.8 Å². The Morgan fingerprint density at radius 1 is 0.938 bits per heavy atom. The highest BCUT2D eigenvalue weighted by Crippen LogP contribution is 2.21. The van der Waals surface area contributed by atoms with Gasteiger partial charge >= 0.3 is 0 Å². The molecule has 0 radical (unpaired) electrons. The number of nitrogens with zero attached hydrogens (tertiary/aromatic N) is 1. The molecule has 0 unspecified atom stereocenters. The average Bonchev–Trinajstić information content (AvgIpc) is 2.27. The van der Waals surface area contributed by atoms with Crippen LogP contribution in [0.2, 0.25) is 0 Å². The SMILES string of the molecule is Cc1ccc(Oc2ccc(C)c(C)c2)nc1. The summed E-state index contributed by atoms with van der Waals surface area (Å²) in [5, 5.41) is 0. The molecular weight excluding hydrogens is 198 g/mol. The minimum Gasteiger partial charge on any atom is -0.439 e. The van der Waals surface area contributed by atoms with Crippen molar-refractivity contribution >= 4 is 0 Å². The zero-order valence-corrected chi connectivity index (χ0v) is 9.82. The molecule has 0 fully saturated rings. The molecule has 0 aliphatic carbocycles. The number of hydrogen-bond donors (Lipinski definition) is 0. The lowest BCUT2D eigenvalue weighted by atomic mass is 10.1. The van der Waals surface area contributed by atoms with Crippen LogP contribution in [0.15, 0.2) is 36.5 Å². The second-order valence-corrected chi connectivity index (χ2v) is 4.02. The Labute approximate surface area is 95.9 Å². The Balaban J connectivity index is 2.20. The molecule has 0 amide bonds. The molecule has 2 nitrogen and oxygen atoms in total. The Bertz CT molecular complexity index is 489. The molecule has 2 rings (SSSR count). The van der Waals surface area contributed by atoms with Gasteiger partial charge in [0, 0.05) is 12.3 Å². The minimum atomic E-state index is 0.633. The van der Waals surface area contributed by atoms with Gasteiger partial charge in [-0.3, -0.25) is 0 Å². The predicted molar refractivity (Wildman–Crippen MR) is 65.0 cm³/mol. The minimum absolute atomic E-state index is 0.633. The lowest BCUT2D eigenvalue weighted by Crippen LogP contribution is -1.89. The summed E-state index contributed by atoms with van der Waals surface area (Å²) in [6, 6.07) is 9.91. The van der Waals surface area contributed by atoms with Gasteiger partial charge in [0.05, 0.1) is 0 Å². The van der Waals surface area contributed by atoms with Gasteiger partial charge in [0.25, 0.3) is 0 Å². The monoisotopic (exact) mass is 213 g/mol. The average molecular weight is 213 g/mol. The van der Waals surface area contributed by atoms with Crippen LogP contribution in [0.3, 0.4) is 0 Å². The van der Waals surface area contributed by atoms with Crippen LogP contribution in [-0.2, 0) is 0 Å². The van der Waals surface area contributed by atoms with Crippen LogP contribution >= 0.6 is 0 Å². The van der Waals surface area contributed by atoms with E-state index in [-0.39, 0.29) is 0 Å². The summed E-state index contributed by atoms with van der Waals surface area (Å²) in [5.41, 5.74) is 3.63. The van der Waals surface area contributed by atoms with Gasteiger partial charge in [-0.05, 0) is 49.6 Å². The van der Waals surface area contributed by atoms with E-state index in [9.17, 15) is 0 Å². The third-order valence-corrected chi connectivity index (χ3v) is 2.59. The maximum atomic E-state index is 5.66. The molecule has 2 aromatic rings. The van der Waals surface area contributed by atoms with E-state index in [1.807, 2.05) is 31.2 Å². The zero-order chi connectivity index (χ0) is 11.5. The molecule has 0 atom stereocenters. The van der Waals surface area contributed by atoms with Gasteiger partial charge in [-0.15, -0.1) is 0 Å². The van der Waals surface area contributed by atoms with E-state index in [0.717, 1.165) is 11.3 Å². The summed E-state index contributed by atoms with van der Waals surface area (Å²) in [6.07, 6.45) is 1.80. The maximum Gasteiger partial charge on any atom is 0.219 e. The standard InChI is InChI=1S/C14H15NO/c1-10-4-7-14(15-9-10)16-13-6-5-11(2)12(3)8-13/h4-9H,1-3H3. The van der Waals surface area contributed by atoms with Crippen molar-refractivity contribution < 1.29 is 4.74 Å². The molecule has 1 heterocycles. The Morgan fingerprint density at radius 3 is 2.38 bits per heavy atom. The van der Waals surface area contributed by atoms with Gasteiger partial charge in [-0.1, -0.05) is 12.1 Å². The third kappa shape index (κ3) is 2.40. The lowest BCUT2D eigenvalue weighted by molar-refractivity contribution is 0.462. The van der Waals surface area contributed by atoms with E-state index in [0.29, 0.717) is 5.88 Å². The molecule has 82 valence electrons. The molecule has 0 N–H and O–H groups in total. The number of rotatable bonds is 2. The van der Waals surface area contributed by atoms with E-state index in [1.54, 1.807) is 6.20 Å². The van der Waals surface area contributed by atoms with Crippen molar-refractivity contribution in [2.24, 2.45) is 0 Å². The maximum absolute atomic E-state index is 5.66.